The minimum Gasteiger partial charge on any atom is -0.505 e. The van der Waals surface area contributed by atoms with Crippen LogP contribution in [0.1, 0.15) is 28.4 Å². The topological polar surface area (TPSA) is 45.1 Å². The Morgan fingerprint density at radius 3 is 2.34 bits per heavy atom. The molecule has 4 aromatic rings. The molecule has 1 atom stereocenters. The molecule has 4 rings (SSSR count). The van der Waals surface area contributed by atoms with E-state index in [9.17, 15) is 22.7 Å². The Hall–Kier alpha value is -3.32. The molecule has 0 aliphatic rings. The predicted molar refractivity (Wildman–Crippen MR) is 116 cm³/mol. The highest BCUT2D eigenvalue weighted by Gasteiger charge is 2.31. The number of alkyl halides is 3. The molecule has 0 fully saturated rings. The van der Waals surface area contributed by atoms with Crippen molar-refractivity contribution in [3.8, 4) is 5.75 Å². The SMILES string of the molecule is Cc1ccc2ccc(C(Nc3cc(C(F)(F)F)ccc3Cl)c3ccc(F)cc3)c(O)c2n1. The number of aryl methyl sites for hydroxylation is 1. The fraction of sp³-hybridized carbons (Fsp3) is 0.125. The first-order valence-corrected chi connectivity index (χ1v) is 9.99. The number of fused-ring (bicyclic) bond motifs is 1. The zero-order chi connectivity index (χ0) is 23.0. The van der Waals surface area contributed by atoms with E-state index in [2.05, 4.69) is 10.3 Å². The van der Waals surface area contributed by atoms with Crippen LogP contribution in [0.5, 0.6) is 5.75 Å². The quantitative estimate of drug-likeness (QED) is 0.315. The fourth-order valence-electron chi connectivity index (χ4n) is 3.48. The Bertz CT molecular complexity index is 1290. The van der Waals surface area contributed by atoms with Crippen molar-refractivity contribution in [1.29, 1.82) is 0 Å². The molecule has 0 bridgehead atoms. The van der Waals surface area contributed by atoms with Gasteiger partial charge in [0.15, 0.2) is 0 Å². The van der Waals surface area contributed by atoms with E-state index in [1.807, 2.05) is 6.07 Å². The number of aromatic hydroxyl groups is 1. The van der Waals surface area contributed by atoms with Crippen LogP contribution in [0.4, 0.5) is 23.2 Å². The van der Waals surface area contributed by atoms with Crippen molar-refractivity contribution < 1.29 is 22.7 Å². The summed E-state index contributed by atoms with van der Waals surface area (Å²) in [6.07, 6.45) is -4.56. The zero-order valence-electron chi connectivity index (χ0n) is 16.7. The van der Waals surface area contributed by atoms with E-state index in [1.54, 1.807) is 25.1 Å². The number of nitrogens with one attached hydrogen (secondary N) is 1. The van der Waals surface area contributed by atoms with Gasteiger partial charge < -0.3 is 10.4 Å². The fourth-order valence-corrected chi connectivity index (χ4v) is 3.66. The molecule has 0 saturated carbocycles. The predicted octanol–water partition coefficient (Wildman–Crippen LogP) is 7.26. The smallest absolute Gasteiger partial charge is 0.416 e. The molecule has 0 aliphatic heterocycles. The molecule has 8 heteroatoms. The average molecular weight is 461 g/mol. The Balaban J connectivity index is 1.87. The van der Waals surface area contributed by atoms with Crippen molar-refractivity contribution in [3.05, 3.63) is 100.0 Å². The summed E-state index contributed by atoms with van der Waals surface area (Å²) in [6.45, 7) is 1.78. The number of phenols is 1. The van der Waals surface area contributed by atoms with Gasteiger partial charge in [0.2, 0.25) is 0 Å². The highest BCUT2D eigenvalue weighted by molar-refractivity contribution is 6.33. The van der Waals surface area contributed by atoms with Gasteiger partial charge in [-0.3, -0.25) is 0 Å². The van der Waals surface area contributed by atoms with Crippen LogP contribution in [0.25, 0.3) is 10.9 Å². The van der Waals surface area contributed by atoms with E-state index in [4.69, 9.17) is 11.6 Å². The summed E-state index contributed by atoms with van der Waals surface area (Å²) in [5.41, 5.74) is 1.07. The number of halogens is 5. The number of benzene rings is 3. The van der Waals surface area contributed by atoms with Gasteiger partial charge in [-0.25, -0.2) is 9.37 Å². The number of aromatic nitrogens is 1. The van der Waals surface area contributed by atoms with Crippen molar-refractivity contribution in [2.45, 2.75) is 19.1 Å². The van der Waals surface area contributed by atoms with Gasteiger partial charge >= 0.3 is 6.18 Å². The summed E-state index contributed by atoms with van der Waals surface area (Å²) in [4.78, 5) is 4.38. The van der Waals surface area contributed by atoms with Gasteiger partial charge in [0, 0.05) is 16.6 Å². The molecule has 3 nitrogen and oxygen atoms in total. The second-order valence-corrected chi connectivity index (χ2v) is 7.76. The Morgan fingerprint density at radius 1 is 0.969 bits per heavy atom. The number of anilines is 1. The lowest BCUT2D eigenvalue weighted by molar-refractivity contribution is -0.137. The van der Waals surface area contributed by atoms with Crippen LogP contribution < -0.4 is 5.32 Å². The normalized spacial score (nSPS) is 12.7. The zero-order valence-corrected chi connectivity index (χ0v) is 17.5. The maximum atomic E-state index is 13.5. The number of hydrogen-bond donors (Lipinski definition) is 2. The van der Waals surface area contributed by atoms with Gasteiger partial charge in [0.05, 0.1) is 22.3 Å². The highest BCUT2D eigenvalue weighted by atomic mass is 35.5. The molecule has 2 N–H and O–H groups in total. The standard InChI is InChI=1S/C24H17ClF4N2O/c1-13-2-3-15-6-10-18(23(32)22(15)30-13)21(14-4-8-17(26)9-5-14)31-20-12-16(24(27,28)29)7-11-19(20)25/h2-12,21,31-32H,1H3. The summed E-state index contributed by atoms with van der Waals surface area (Å²) in [7, 11) is 0. The third-order valence-electron chi connectivity index (χ3n) is 5.11. The maximum absolute atomic E-state index is 13.5. The summed E-state index contributed by atoms with van der Waals surface area (Å²) >= 11 is 6.18. The van der Waals surface area contributed by atoms with Gasteiger partial charge in [-0.05, 0) is 48.9 Å². The molecule has 1 unspecified atom stereocenters. The first-order valence-electron chi connectivity index (χ1n) is 9.61. The minimum absolute atomic E-state index is 0.0208. The molecule has 0 spiro atoms. The minimum atomic E-state index is -4.56. The number of hydrogen-bond acceptors (Lipinski definition) is 3. The first kappa shape index (κ1) is 21.9. The summed E-state index contributed by atoms with van der Waals surface area (Å²) < 4.78 is 53.3. The third-order valence-corrected chi connectivity index (χ3v) is 5.44. The first-order chi connectivity index (χ1) is 15.1. The molecule has 164 valence electrons. The number of pyridine rings is 1. The van der Waals surface area contributed by atoms with Crippen LogP contribution in [0, 0.1) is 12.7 Å². The molecule has 0 aliphatic carbocycles. The largest absolute Gasteiger partial charge is 0.505 e. The Labute approximate surface area is 186 Å². The van der Waals surface area contributed by atoms with Crippen molar-refractivity contribution in [2.24, 2.45) is 0 Å². The molecular formula is C24H17ClF4N2O. The van der Waals surface area contributed by atoms with E-state index in [0.29, 0.717) is 27.7 Å². The van der Waals surface area contributed by atoms with Gasteiger partial charge in [0.25, 0.3) is 0 Å². The lowest BCUT2D eigenvalue weighted by Crippen LogP contribution is -2.14. The molecule has 0 amide bonds. The second kappa shape index (κ2) is 8.31. The summed E-state index contributed by atoms with van der Waals surface area (Å²) in [6, 6.07) is 14.6. The van der Waals surface area contributed by atoms with Crippen molar-refractivity contribution >= 4 is 28.2 Å². The summed E-state index contributed by atoms with van der Waals surface area (Å²) in [5, 5.41) is 14.8. The maximum Gasteiger partial charge on any atom is 0.416 e. The van der Waals surface area contributed by atoms with E-state index in [-0.39, 0.29) is 16.5 Å². The van der Waals surface area contributed by atoms with Gasteiger partial charge in [-0.15, -0.1) is 0 Å². The van der Waals surface area contributed by atoms with E-state index >= 15 is 0 Å². The number of phenolic OH excluding ortho intramolecular Hbond substituents is 1. The molecule has 1 heterocycles. The average Bonchev–Trinajstić information content (AvgIpc) is 2.74. The van der Waals surface area contributed by atoms with Crippen molar-refractivity contribution in [2.75, 3.05) is 5.32 Å². The van der Waals surface area contributed by atoms with Gasteiger partial charge in [-0.2, -0.15) is 13.2 Å². The lowest BCUT2D eigenvalue weighted by Gasteiger charge is -2.24. The Morgan fingerprint density at radius 2 is 1.66 bits per heavy atom. The molecule has 1 aromatic heterocycles. The van der Waals surface area contributed by atoms with Crippen LogP contribution in [0.15, 0.2) is 66.7 Å². The van der Waals surface area contributed by atoms with Crippen LogP contribution >= 0.6 is 11.6 Å². The van der Waals surface area contributed by atoms with Crippen molar-refractivity contribution in [1.82, 2.24) is 4.98 Å². The van der Waals surface area contributed by atoms with E-state index in [1.165, 1.54) is 24.3 Å². The van der Waals surface area contributed by atoms with E-state index < -0.39 is 23.6 Å². The van der Waals surface area contributed by atoms with Gasteiger partial charge in [0.1, 0.15) is 17.1 Å². The molecule has 0 radical (unpaired) electrons. The molecule has 0 saturated heterocycles. The molecular weight excluding hydrogens is 444 g/mol. The number of nitrogens with zero attached hydrogens (tertiary/aromatic N) is 1. The number of rotatable bonds is 4. The molecule has 32 heavy (non-hydrogen) atoms. The Kier molecular flexibility index (Phi) is 5.69. The second-order valence-electron chi connectivity index (χ2n) is 7.35. The van der Waals surface area contributed by atoms with E-state index in [0.717, 1.165) is 18.2 Å². The van der Waals surface area contributed by atoms with Crippen molar-refractivity contribution in [3.63, 3.8) is 0 Å². The lowest BCUT2D eigenvalue weighted by atomic mass is 9.95. The third kappa shape index (κ3) is 4.34. The van der Waals surface area contributed by atoms with Crippen LogP contribution in [-0.2, 0) is 6.18 Å². The van der Waals surface area contributed by atoms with Crippen LogP contribution in [0.2, 0.25) is 5.02 Å². The highest BCUT2D eigenvalue weighted by Crippen LogP contribution is 2.40. The molecule has 3 aromatic carbocycles. The van der Waals surface area contributed by atoms with Crippen LogP contribution in [0.3, 0.4) is 0 Å². The summed E-state index contributed by atoms with van der Waals surface area (Å²) in [5.74, 6) is -0.597. The monoisotopic (exact) mass is 460 g/mol. The van der Waals surface area contributed by atoms with Crippen LogP contribution in [-0.4, -0.2) is 10.1 Å². The van der Waals surface area contributed by atoms with Gasteiger partial charge in [-0.1, -0.05) is 41.9 Å².